The number of rotatable bonds is 17. The van der Waals surface area contributed by atoms with Gasteiger partial charge in [0.1, 0.15) is 25.1 Å². The van der Waals surface area contributed by atoms with E-state index in [1.165, 1.54) is 33.9 Å². The van der Waals surface area contributed by atoms with Gasteiger partial charge in [-0.3, -0.25) is 9.59 Å². The molecule has 3 aliphatic heterocycles. The number of carbonyl (C=O) groups excluding carboxylic acids is 2. The van der Waals surface area contributed by atoms with E-state index in [-0.39, 0.29) is 42.2 Å². The van der Waals surface area contributed by atoms with Crippen molar-refractivity contribution in [2.24, 2.45) is 0 Å². The number of unbranched alkanes of at least 4 members (excludes halogenated alkanes) is 2. The first-order chi connectivity index (χ1) is 36.3. The van der Waals surface area contributed by atoms with Gasteiger partial charge in [0.15, 0.2) is 5.71 Å². The van der Waals surface area contributed by atoms with Crippen LogP contribution in [0.15, 0.2) is 167 Å². The lowest BCUT2D eigenvalue weighted by Gasteiger charge is -2.28. The summed E-state index contributed by atoms with van der Waals surface area (Å²) in [6.45, 7) is 11.2. The fraction of sp³-hybridized carbons (Fsp3) is 0.283. The predicted octanol–water partition coefficient (Wildman–Crippen LogP) is 9.27. The zero-order chi connectivity index (χ0) is 52.3. The smallest absolute Gasteiger partial charge is 0.348 e. The number of carbonyl (C=O) groups is 2. The number of aromatic nitrogens is 6. The van der Waals surface area contributed by atoms with Gasteiger partial charge in [0.2, 0.25) is 17.5 Å². The molecule has 0 aliphatic carbocycles. The van der Waals surface area contributed by atoms with E-state index in [0.717, 1.165) is 52.8 Å². The molecule has 10 rings (SSSR count). The van der Waals surface area contributed by atoms with Crippen LogP contribution in [0.25, 0.3) is 28.2 Å². The lowest BCUT2D eigenvalue weighted by molar-refractivity contribution is -0.401. The maximum Gasteiger partial charge on any atom is 0.348 e. The summed E-state index contributed by atoms with van der Waals surface area (Å²) < 4.78 is 11.2. The number of H-pyrrole nitrogens is 2. The predicted molar refractivity (Wildman–Crippen MR) is 294 cm³/mol. The van der Waals surface area contributed by atoms with Crippen LogP contribution in [0.3, 0.4) is 0 Å². The summed E-state index contributed by atoms with van der Waals surface area (Å²) in [5.41, 5.74) is 11.5. The van der Waals surface area contributed by atoms with Gasteiger partial charge >= 0.3 is 11.4 Å². The monoisotopic (exact) mass is 1000 g/mol. The molecule has 0 saturated heterocycles. The molecule has 2 aromatic heterocycles. The third-order valence-electron chi connectivity index (χ3n) is 14.9. The van der Waals surface area contributed by atoms with Crippen LogP contribution < -0.4 is 31.2 Å². The molecule has 15 nitrogen and oxygen atoms in total. The van der Waals surface area contributed by atoms with Crippen molar-refractivity contribution in [1.29, 1.82) is 0 Å². The summed E-state index contributed by atoms with van der Waals surface area (Å²) in [6, 6.07) is 39.6. The zero-order valence-electron chi connectivity index (χ0n) is 43.2. The fourth-order valence-corrected chi connectivity index (χ4v) is 11.0. The number of hydrogen-bond acceptors (Lipinski definition) is 8. The third-order valence-corrected chi connectivity index (χ3v) is 14.9. The number of para-hydroxylation sites is 3. The van der Waals surface area contributed by atoms with Crippen LogP contribution in [-0.4, -0.2) is 78.6 Å². The zero-order valence-corrected chi connectivity index (χ0v) is 43.2. The molecule has 0 radical (unpaired) electrons. The van der Waals surface area contributed by atoms with Crippen molar-refractivity contribution in [3.05, 3.63) is 195 Å². The normalized spacial score (nSPS) is 15.7. The number of nitrogens with zero attached hydrogens (tertiary/aromatic N) is 7. The maximum absolute atomic E-state index is 14.2. The molecule has 2 amide bonds. The van der Waals surface area contributed by atoms with E-state index in [2.05, 4.69) is 149 Å². The van der Waals surface area contributed by atoms with Crippen LogP contribution in [0.1, 0.15) is 76.5 Å². The lowest BCUT2D eigenvalue weighted by Crippen LogP contribution is -2.35. The van der Waals surface area contributed by atoms with E-state index in [1.807, 2.05) is 53.2 Å². The Morgan fingerprint density at radius 2 is 1.43 bits per heavy atom. The van der Waals surface area contributed by atoms with Crippen LogP contribution >= 0.6 is 0 Å². The van der Waals surface area contributed by atoms with Crippen LogP contribution in [0.4, 0.5) is 17.1 Å². The fourth-order valence-electron chi connectivity index (χ4n) is 11.0. The second kappa shape index (κ2) is 21.1. The number of ether oxygens (including phenoxy) is 1. The molecule has 5 aromatic carbocycles. The summed E-state index contributed by atoms with van der Waals surface area (Å²) in [7, 11) is 2.14. The highest BCUT2D eigenvalue weighted by atomic mass is 16.5. The number of anilines is 2. The maximum atomic E-state index is 14.2. The first-order valence-corrected chi connectivity index (χ1v) is 25.8. The molecule has 0 atom stereocenters. The highest BCUT2D eigenvalue weighted by Crippen LogP contribution is 2.48. The molecule has 3 N–H and O–H groups in total. The third kappa shape index (κ3) is 9.85. The van der Waals surface area contributed by atoms with Crippen molar-refractivity contribution < 1.29 is 18.9 Å². The van der Waals surface area contributed by atoms with Crippen molar-refractivity contribution in [2.45, 2.75) is 83.7 Å². The van der Waals surface area contributed by atoms with Crippen molar-refractivity contribution in [3.63, 3.8) is 0 Å². The minimum absolute atomic E-state index is 0.0609. The van der Waals surface area contributed by atoms with Crippen molar-refractivity contribution >= 4 is 34.6 Å². The number of benzene rings is 5. The van der Waals surface area contributed by atoms with E-state index in [1.54, 1.807) is 29.2 Å². The highest BCUT2D eigenvalue weighted by Gasteiger charge is 2.43. The average Bonchev–Trinajstić information content (AvgIpc) is 4.13. The largest absolute Gasteiger partial charge is 0.492 e. The molecule has 15 heteroatoms. The molecule has 0 fully saturated rings. The first-order valence-electron chi connectivity index (χ1n) is 25.8. The van der Waals surface area contributed by atoms with Crippen LogP contribution in [0.5, 0.6) is 5.75 Å². The van der Waals surface area contributed by atoms with E-state index in [9.17, 15) is 19.2 Å². The number of fused-ring (bicyclic) bond motifs is 7. The summed E-state index contributed by atoms with van der Waals surface area (Å²) >= 11 is 0. The SMILES string of the molecule is C[N+]1=C(/C=C/C=C/C=C2/N(CCCCCC(=O)NCCC(=O)N3Cc4ccccc4-c4c(nnn4CCOc4ccc(-n5c(=O)[nH][nH]c5=O)cc4)-c4ccccc43)c3ccccc3C2(C)C)C(C)(C)c2ccccc21. The molecule has 7 aromatic rings. The van der Waals surface area contributed by atoms with Gasteiger partial charge in [-0.2, -0.15) is 4.58 Å². The van der Waals surface area contributed by atoms with Crippen molar-refractivity contribution in [3.8, 4) is 34.0 Å². The Hall–Kier alpha value is -8.59. The summed E-state index contributed by atoms with van der Waals surface area (Å²) in [5.74, 6) is 0.382. The van der Waals surface area contributed by atoms with Gasteiger partial charge in [0.25, 0.3) is 0 Å². The molecule has 0 unspecified atom stereocenters. The number of allylic oxidation sites excluding steroid dienone is 6. The molecule has 5 heterocycles. The Bertz CT molecular complexity index is 3500. The Morgan fingerprint density at radius 3 is 2.20 bits per heavy atom. The highest BCUT2D eigenvalue weighted by molar-refractivity contribution is 6.03. The quantitative estimate of drug-likeness (QED) is 0.0462. The van der Waals surface area contributed by atoms with Gasteiger partial charge in [0.05, 0.1) is 35.6 Å². The van der Waals surface area contributed by atoms with E-state index in [0.29, 0.717) is 42.3 Å². The van der Waals surface area contributed by atoms with E-state index < -0.39 is 11.4 Å². The van der Waals surface area contributed by atoms with Crippen LogP contribution in [-0.2, 0) is 33.5 Å². The number of aromatic amines is 2. The molecule has 0 saturated carbocycles. The molecule has 382 valence electrons. The standard InChI is InChI=1S/C60H62N10O5/c1-59(2)46-23-14-17-26-49(46)66(5)51(59)28-8-6-9-29-52-60(3,4)47-24-15-18-27-50(47)67(52)37-19-7-10-30-53(71)61-36-35-54(72)68-40-41-20-11-12-21-44(41)56-55(45-22-13-16-25-48(45)68)62-65-69(56)38-39-75-43-33-31-42(32-34-43)70-57(73)63-64-58(70)74/h6,8-9,11-18,20-29,31-34H,7,10,19,30,35-40H2,1-5H3,(H2-,61,62,63,64,65,71,73,74)/p+1. The molecule has 3 aliphatic rings. The Kier molecular flexibility index (Phi) is 14.1. The Labute approximate surface area is 436 Å². The number of amides is 2. The molecular formula is C60H63N10O5+. The lowest BCUT2D eigenvalue weighted by atomic mass is 9.81. The molecule has 0 bridgehead atoms. The van der Waals surface area contributed by atoms with Gasteiger partial charge in [-0.05, 0) is 80.3 Å². The van der Waals surface area contributed by atoms with Gasteiger partial charge in [-0.1, -0.05) is 123 Å². The van der Waals surface area contributed by atoms with Crippen molar-refractivity contribution in [2.75, 3.05) is 36.5 Å². The minimum Gasteiger partial charge on any atom is -0.492 e. The van der Waals surface area contributed by atoms with Crippen LogP contribution in [0, 0.1) is 0 Å². The van der Waals surface area contributed by atoms with Gasteiger partial charge in [-0.25, -0.2) is 29.0 Å². The average molecular weight is 1000 g/mol. The summed E-state index contributed by atoms with van der Waals surface area (Å²) in [4.78, 5) is 55.7. The van der Waals surface area contributed by atoms with Gasteiger partial charge in [-0.15, -0.1) is 5.10 Å². The number of nitrogens with one attached hydrogen (secondary N) is 3. The topological polar surface area (TPSA) is 166 Å². The van der Waals surface area contributed by atoms with E-state index in [4.69, 9.17) is 4.74 Å². The summed E-state index contributed by atoms with van der Waals surface area (Å²) in [5, 5.41) is 16.8. The number of hydrogen-bond donors (Lipinski definition) is 3. The Balaban J connectivity index is 0.730. The van der Waals surface area contributed by atoms with Gasteiger partial charge in [0, 0.05) is 71.6 Å². The summed E-state index contributed by atoms with van der Waals surface area (Å²) in [6.07, 6.45) is 14.0. The second-order valence-electron chi connectivity index (χ2n) is 20.3. The van der Waals surface area contributed by atoms with E-state index >= 15 is 0 Å². The molecular weight excluding hydrogens is 941 g/mol. The Morgan fingerprint density at radius 1 is 0.733 bits per heavy atom. The van der Waals surface area contributed by atoms with Crippen LogP contribution in [0.2, 0.25) is 0 Å². The molecule has 75 heavy (non-hydrogen) atoms. The first kappa shape index (κ1) is 50.0. The van der Waals surface area contributed by atoms with Gasteiger partial charge < -0.3 is 19.9 Å². The minimum atomic E-state index is -0.559. The van der Waals surface area contributed by atoms with Crippen molar-refractivity contribution in [1.82, 2.24) is 35.1 Å². The second-order valence-corrected chi connectivity index (χ2v) is 20.3. The molecule has 0 spiro atoms.